The van der Waals surface area contributed by atoms with Crippen LogP contribution < -0.4 is 4.74 Å². The number of carbonyl (C=O) groups is 2. The number of nitrogens with zero attached hydrogens (tertiary/aromatic N) is 1. The maximum absolute atomic E-state index is 12.8. The molecule has 1 aromatic rings. The summed E-state index contributed by atoms with van der Waals surface area (Å²) in [6.45, 7) is 8.88. The molecule has 2 atom stereocenters. The molecule has 0 unspecified atom stereocenters. The Morgan fingerprint density at radius 2 is 2.00 bits per heavy atom. The highest BCUT2D eigenvalue weighted by atomic mass is 16.5. The molecule has 1 N–H and O–H groups in total. The first-order valence-electron chi connectivity index (χ1n) is 8.52. The van der Waals surface area contributed by atoms with E-state index in [1.165, 1.54) is 0 Å². The molecule has 2 heterocycles. The van der Waals surface area contributed by atoms with Crippen molar-refractivity contribution in [2.45, 2.75) is 39.7 Å². The van der Waals surface area contributed by atoms with E-state index in [0.29, 0.717) is 12.1 Å². The van der Waals surface area contributed by atoms with Crippen molar-refractivity contribution < 1.29 is 19.4 Å². The average Bonchev–Trinajstić information content (AvgIpc) is 3.05. The predicted molar refractivity (Wildman–Crippen MR) is 90.2 cm³/mol. The zero-order valence-corrected chi connectivity index (χ0v) is 14.7. The molecule has 1 fully saturated rings. The van der Waals surface area contributed by atoms with Gasteiger partial charge in [-0.3, -0.25) is 9.59 Å². The van der Waals surface area contributed by atoms with Gasteiger partial charge in [-0.2, -0.15) is 0 Å². The molecule has 24 heavy (non-hydrogen) atoms. The zero-order valence-electron chi connectivity index (χ0n) is 14.7. The zero-order chi connectivity index (χ0) is 17.6. The Hall–Kier alpha value is -2.04. The van der Waals surface area contributed by atoms with Gasteiger partial charge in [-0.05, 0) is 49.4 Å². The third-order valence-corrected chi connectivity index (χ3v) is 5.14. The van der Waals surface area contributed by atoms with Gasteiger partial charge in [0, 0.05) is 25.1 Å². The normalized spacial score (nSPS) is 24.8. The Bertz CT molecular complexity index is 680. The summed E-state index contributed by atoms with van der Waals surface area (Å²) in [5, 5.41) is 9.43. The molecule has 0 radical (unpaired) electrons. The van der Waals surface area contributed by atoms with Crippen LogP contribution in [0, 0.1) is 17.8 Å². The number of benzene rings is 1. The average molecular weight is 331 g/mol. The van der Waals surface area contributed by atoms with E-state index >= 15 is 0 Å². The summed E-state index contributed by atoms with van der Waals surface area (Å²) in [6, 6.07) is 5.52. The number of amides is 1. The van der Waals surface area contributed by atoms with Gasteiger partial charge in [0.05, 0.1) is 5.92 Å². The first-order valence-corrected chi connectivity index (χ1v) is 8.52. The van der Waals surface area contributed by atoms with Crippen LogP contribution in [0.25, 0.3) is 0 Å². The van der Waals surface area contributed by atoms with E-state index in [1.807, 2.05) is 39.8 Å². The number of fused-ring (bicyclic) bond motifs is 1. The number of carboxylic acid groups (broad SMARTS) is 1. The van der Waals surface area contributed by atoms with Gasteiger partial charge in [0.25, 0.3) is 5.91 Å². The molecule has 1 amide bonds. The molecule has 2 aliphatic heterocycles. The van der Waals surface area contributed by atoms with Crippen molar-refractivity contribution in [2.24, 2.45) is 17.8 Å². The maximum atomic E-state index is 12.8. The third-order valence-electron chi connectivity index (χ3n) is 5.14. The van der Waals surface area contributed by atoms with E-state index in [1.54, 1.807) is 11.0 Å². The summed E-state index contributed by atoms with van der Waals surface area (Å²) in [4.78, 5) is 26.0. The second kappa shape index (κ2) is 5.80. The van der Waals surface area contributed by atoms with Crippen LogP contribution in [-0.2, 0) is 11.2 Å². The van der Waals surface area contributed by atoms with Crippen LogP contribution in [0.2, 0.25) is 0 Å². The molecule has 1 saturated heterocycles. The smallest absolute Gasteiger partial charge is 0.308 e. The number of carboxylic acids is 1. The molecular formula is C19H25NO4. The van der Waals surface area contributed by atoms with Crippen LogP contribution in [0.4, 0.5) is 0 Å². The minimum atomic E-state index is -0.812. The molecule has 2 aliphatic rings. The Morgan fingerprint density at radius 1 is 1.29 bits per heavy atom. The lowest BCUT2D eigenvalue weighted by Crippen LogP contribution is -2.30. The van der Waals surface area contributed by atoms with Gasteiger partial charge in [0.2, 0.25) is 0 Å². The van der Waals surface area contributed by atoms with Crippen LogP contribution in [0.3, 0.4) is 0 Å². The molecule has 0 bridgehead atoms. The third kappa shape index (κ3) is 2.99. The highest BCUT2D eigenvalue weighted by molar-refractivity contribution is 5.95. The molecule has 0 aromatic heterocycles. The van der Waals surface area contributed by atoms with Crippen molar-refractivity contribution in [1.29, 1.82) is 0 Å². The number of rotatable bonds is 3. The van der Waals surface area contributed by atoms with Crippen molar-refractivity contribution in [3.8, 4) is 5.75 Å². The topological polar surface area (TPSA) is 66.8 Å². The van der Waals surface area contributed by atoms with Crippen LogP contribution in [0.5, 0.6) is 5.75 Å². The largest absolute Gasteiger partial charge is 0.487 e. The Kier molecular flexibility index (Phi) is 4.06. The first-order chi connectivity index (χ1) is 11.2. The van der Waals surface area contributed by atoms with E-state index < -0.39 is 11.9 Å². The van der Waals surface area contributed by atoms with Crippen molar-refractivity contribution in [2.75, 3.05) is 13.1 Å². The highest BCUT2D eigenvalue weighted by Gasteiger charge is 2.41. The van der Waals surface area contributed by atoms with E-state index in [-0.39, 0.29) is 29.9 Å². The van der Waals surface area contributed by atoms with Crippen molar-refractivity contribution in [3.05, 3.63) is 29.3 Å². The first kappa shape index (κ1) is 16.8. The summed E-state index contributed by atoms with van der Waals surface area (Å²) in [6.07, 6.45) is 0.774. The molecule has 5 heteroatoms. The molecule has 130 valence electrons. The van der Waals surface area contributed by atoms with Crippen molar-refractivity contribution in [3.63, 3.8) is 0 Å². The fourth-order valence-corrected chi connectivity index (χ4v) is 3.86. The second-order valence-corrected chi connectivity index (χ2v) is 7.92. The van der Waals surface area contributed by atoms with Crippen LogP contribution in [-0.4, -0.2) is 40.6 Å². The number of hydrogen-bond acceptors (Lipinski definition) is 3. The minimum Gasteiger partial charge on any atom is -0.487 e. The molecule has 0 aliphatic carbocycles. The molecule has 3 rings (SSSR count). The quantitative estimate of drug-likeness (QED) is 0.925. The van der Waals surface area contributed by atoms with E-state index in [9.17, 15) is 14.7 Å². The van der Waals surface area contributed by atoms with Gasteiger partial charge >= 0.3 is 5.97 Å². The summed E-state index contributed by atoms with van der Waals surface area (Å²) in [5.74, 6) is -0.307. The number of likely N-dealkylation sites (tertiary alicyclic amines) is 1. The van der Waals surface area contributed by atoms with Crippen LogP contribution in [0.1, 0.15) is 43.6 Å². The van der Waals surface area contributed by atoms with Gasteiger partial charge in [0.1, 0.15) is 11.4 Å². The summed E-state index contributed by atoms with van der Waals surface area (Å²) < 4.78 is 5.85. The summed E-state index contributed by atoms with van der Waals surface area (Å²) >= 11 is 0. The van der Waals surface area contributed by atoms with Crippen LogP contribution >= 0.6 is 0 Å². The number of hydrogen-bond donors (Lipinski definition) is 1. The lowest BCUT2D eigenvalue weighted by atomic mass is 9.86. The molecular weight excluding hydrogens is 306 g/mol. The van der Waals surface area contributed by atoms with Gasteiger partial charge in [-0.15, -0.1) is 0 Å². The van der Waals surface area contributed by atoms with Crippen LogP contribution in [0.15, 0.2) is 18.2 Å². The number of aliphatic carboxylic acids is 1. The van der Waals surface area contributed by atoms with Crippen molar-refractivity contribution in [1.82, 2.24) is 4.90 Å². The van der Waals surface area contributed by atoms with E-state index in [0.717, 1.165) is 17.7 Å². The second-order valence-electron chi connectivity index (χ2n) is 7.92. The molecule has 1 aromatic carbocycles. The van der Waals surface area contributed by atoms with Gasteiger partial charge < -0.3 is 14.7 Å². The van der Waals surface area contributed by atoms with Gasteiger partial charge in [-0.1, -0.05) is 13.8 Å². The molecule has 5 nitrogen and oxygen atoms in total. The molecule has 0 spiro atoms. The highest BCUT2D eigenvalue weighted by Crippen LogP contribution is 2.36. The summed E-state index contributed by atoms with van der Waals surface area (Å²) in [5.41, 5.74) is 1.42. The molecule has 0 saturated carbocycles. The Morgan fingerprint density at radius 3 is 2.58 bits per heavy atom. The lowest BCUT2D eigenvalue weighted by Gasteiger charge is -2.19. The Labute approximate surface area is 142 Å². The van der Waals surface area contributed by atoms with Crippen molar-refractivity contribution >= 4 is 11.9 Å². The number of carbonyl (C=O) groups excluding carboxylic acids is 1. The predicted octanol–water partition coefficient (Wildman–Crippen LogP) is 2.83. The maximum Gasteiger partial charge on any atom is 0.308 e. The van der Waals surface area contributed by atoms with Gasteiger partial charge in [-0.25, -0.2) is 0 Å². The van der Waals surface area contributed by atoms with E-state index in [4.69, 9.17) is 4.74 Å². The minimum absolute atomic E-state index is 0.00291. The fraction of sp³-hybridized carbons (Fsp3) is 0.579. The fourth-order valence-electron chi connectivity index (χ4n) is 3.86. The lowest BCUT2D eigenvalue weighted by molar-refractivity contribution is -0.142. The number of ether oxygens (including phenoxy) is 1. The Balaban J connectivity index is 1.80. The van der Waals surface area contributed by atoms with Gasteiger partial charge in [0.15, 0.2) is 0 Å². The summed E-state index contributed by atoms with van der Waals surface area (Å²) in [7, 11) is 0. The SMILES string of the molecule is CC(C)[C@@H]1CN(C(=O)c2ccc3c(c2)CC(C)(C)O3)C[C@H]1C(=O)O. The monoisotopic (exact) mass is 331 g/mol. The van der Waals surface area contributed by atoms with E-state index in [2.05, 4.69) is 0 Å². The standard InChI is InChI=1S/C19H25NO4/c1-11(2)14-9-20(10-15(14)18(22)23)17(21)12-5-6-16-13(7-12)8-19(3,4)24-16/h5-7,11,14-15H,8-10H2,1-4H3,(H,22,23)/t14-,15+/m0/s1.